The van der Waals surface area contributed by atoms with E-state index in [1.165, 1.54) is 0 Å². The topological polar surface area (TPSA) is 69.2 Å². The second-order valence-electron chi connectivity index (χ2n) is 3.56. The van der Waals surface area contributed by atoms with E-state index in [4.69, 9.17) is 5.73 Å². The normalized spacial score (nSPS) is 14.3. The van der Waals surface area contributed by atoms with Crippen LogP contribution in [0, 0.1) is 15.9 Å². The van der Waals surface area contributed by atoms with Crippen molar-refractivity contribution in [2.75, 3.05) is 0 Å². The number of nitro benzene ring substituents is 1. The van der Waals surface area contributed by atoms with Gasteiger partial charge in [0.2, 0.25) is 0 Å². The molecule has 106 valence electrons. The van der Waals surface area contributed by atoms with E-state index in [1.54, 1.807) is 0 Å². The van der Waals surface area contributed by atoms with Crippen LogP contribution in [0.3, 0.4) is 0 Å². The van der Waals surface area contributed by atoms with Crippen molar-refractivity contribution in [1.82, 2.24) is 0 Å². The highest BCUT2D eigenvalue weighted by molar-refractivity contribution is 5.37. The van der Waals surface area contributed by atoms with E-state index in [2.05, 4.69) is 0 Å². The van der Waals surface area contributed by atoms with Crippen molar-refractivity contribution < 1.29 is 31.3 Å². The van der Waals surface area contributed by atoms with E-state index in [1.807, 2.05) is 0 Å². The third kappa shape index (κ3) is 2.78. The van der Waals surface area contributed by atoms with Crippen molar-refractivity contribution in [3.63, 3.8) is 0 Å². The smallest absolute Gasteiger partial charge is 0.319 e. The molecule has 0 aliphatic heterocycles. The number of hydrogen-bond donors (Lipinski definition) is 1. The van der Waals surface area contributed by atoms with Crippen LogP contribution in [-0.2, 0) is 0 Å². The fourth-order valence-electron chi connectivity index (χ4n) is 1.25. The van der Waals surface area contributed by atoms with Crippen LogP contribution in [0.5, 0.6) is 0 Å². The lowest BCUT2D eigenvalue weighted by molar-refractivity contribution is -0.385. The maximum atomic E-state index is 13.2. The van der Waals surface area contributed by atoms with E-state index in [0.29, 0.717) is 12.1 Å². The fraction of sp³-hybridized carbons (Fsp3) is 0.333. The first-order valence-electron chi connectivity index (χ1n) is 4.62. The van der Waals surface area contributed by atoms with E-state index < -0.39 is 40.1 Å². The Morgan fingerprint density at radius 1 is 1.21 bits per heavy atom. The SMILES string of the molecule is N[C@@H](c1cc([N+](=O)[O-])ccc1F)C(F)(F)C(F)(F)F. The monoisotopic (exact) mass is 288 g/mol. The van der Waals surface area contributed by atoms with Crippen LogP contribution in [0.25, 0.3) is 0 Å². The average Bonchev–Trinajstić information content (AvgIpc) is 2.26. The minimum Gasteiger partial charge on any atom is -0.319 e. The molecule has 0 heterocycles. The van der Waals surface area contributed by atoms with Gasteiger partial charge < -0.3 is 5.73 Å². The molecule has 0 radical (unpaired) electrons. The van der Waals surface area contributed by atoms with Gasteiger partial charge in [-0.15, -0.1) is 0 Å². The fourth-order valence-corrected chi connectivity index (χ4v) is 1.25. The second kappa shape index (κ2) is 4.68. The molecule has 10 heteroatoms. The number of rotatable bonds is 3. The highest BCUT2D eigenvalue weighted by Gasteiger charge is 2.62. The van der Waals surface area contributed by atoms with E-state index in [-0.39, 0.29) is 6.07 Å². The minimum atomic E-state index is -6.00. The van der Waals surface area contributed by atoms with Crippen LogP contribution in [0.15, 0.2) is 18.2 Å². The van der Waals surface area contributed by atoms with Gasteiger partial charge in [-0.05, 0) is 6.07 Å². The summed E-state index contributed by atoms with van der Waals surface area (Å²) in [4.78, 5) is 9.30. The number of hydrogen-bond acceptors (Lipinski definition) is 3. The molecule has 0 aromatic heterocycles. The molecule has 0 saturated heterocycles. The van der Waals surface area contributed by atoms with Crippen LogP contribution < -0.4 is 5.73 Å². The van der Waals surface area contributed by atoms with Crippen LogP contribution >= 0.6 is 0 Å². The van der Waals surface area contributed by atoms with Gasteiger partial charge in [-0.3, -0.25) is 10.1 Å². The molecule has 0 bridgehead atoms. The largest absolute Gasteiger partial charge is 0.455 e. The molecular formula is C9H6F6N2O2. The molecule has 1 aromatic carbocycles. The van der Waals surface area contributed by atoms with Crippen molar-refractivity contribution in [1.29, 1.82) is 0 Å². The quantitative estimate of drug-likeness (QED) is 0.528. The summed E-state index contributed by atoms with van der Waals surface area (Å²) in [7, 11) is 0. The first kappa shape index (κ1) is 15.2. The maximum Gasteiger partial charge on any atom is 0.455 e. The summed E-state index contributed by atoms with van der Waals surface area (Å²) in [6.07, 6.45) is -6.00. The van der Waals surface area contributed by atoms with E-state index in [9.17, 15) is 36.5 Å². The summed E-state index contributed by atoms with van der Waals surface area (Å²) < 4.78 is 75.3. The number of halogens is 6. The van der Waals surface area contributed by atoms with Gasteiger partial charge >= 0.3 is 12.1 Å². The predicted molar refractivity (Wildman–Crippen MR) is 51.0 cm³/mol. The van der Waals surface area contributed by atoms with Crippen molar-refractivity contribution in [2.45, 2.75) is 18.1 Å². The second-order valence-corrected chi connectivity index (χ2v) is 3.56. The average molecular weight is 288 g/mol. The van der Waals surface area contributed by atoms with Crippen molar-refractivity contribution in [2.24, 2.45) is 5.73 Å². The molecule has 2 N–H and O–H groups in total. The Morgan fingerprint density at radius 3 is 2.16 bits per heavy atom. The van der Waals surface area contributed by atoms with Gasteiger partial charge in [-0.1, -0.05) is 0 Å². The zero-order chi connectivity index (χ0) is 15.0. The number of non-ortho nitro benzene ring substituents is 1. The summed E-state index contributed by atoms with van der Waals surface area (Å²) in [5.41, 5.74) is 2.57. The molecule has 0 spiro atoms. The Labute approximate surface area is 102 Å². The molecule has 0 fully saturated rings. The Balaban J connectivity index is 3.30. The summed E-state index contributed by atoms with van der Waals surface area (Å²) in [6.45, 7) is 0. The number of alkyl halides is 5. The van der Waals surface area contributed by atoms with Gasteiger partial charge in [0, 0.05) is 17.7 Å². The first-order valence-corrected chi connectivity index (χ1v) is 4.62. The Bertz CT molecular complexity index is 502. The van der Waals surface area contributed by atoms with Crippen LogP contribution in [0.4, 0.5) is 32.0 Å². The van der Waals surface area contributed by atoms with Crippen LogP contribution in [0.1, 0.15) is 11.6 Å². The molecule has 1 aromatic rings. The molecule has 0 amide bonds. The number of benzene rings is 1. The molecule has 0 aliphatic carbocycles. The van der Waals surface area contributed by atoms with Gasteiger partial charge in [0.05, 0.1) is 4.92 Å². The minimum absolute atomic E-state index is 0.250. The number of nitro groups is 1. The molecule has 0 unspecified atom stereocenters. The molecule has 1 rings (SSSR count). The zero-order valence-corrected chi connectivity index (χ0v) is 8.92. The molecule has 1 atom stereocenters. The van der Waals surface area contributed by atoms with Gasteiger partial charge in [-0.2, -0.15) is 22.0 Å². The standard InChI is InChI=1S/C9H6F6N2O2/c10-6-2-1-4(17(18)19)3-5(6)7(16)8(11,12)9(13,14)15/h1-3,7H,16H2/t7-/m0/s1. The molecular weight excluding hydrogens is 282 g/mol. The van der Waals surface area contributed by atoms with Crippen LogP contribution in [0.2, 0.25) is 0 Å². The first-order chi connectivity index (χ1) is 8.48. The molecule has 0 aliphatic rings. The van der Waals surface area contributed by atoms with Gasteiger partial charge in [-0.25, -0.2) is 4.39 Å². The lowest BCUT2D eigenvalue weighted by atomic mass is 10.00. The molecule has 0 saturated carbocycles. The Kier molecular flexibility index (Phi) is 3.75. The Hall–Kier alpha value is -1.84. The van der Waals surface area contributed by atoms with Crippen molar-refractivity contribution >= 4 is 5.69 Å². The molecule has 4 nitrogen and oxygen atoms in total. The van der Waals surface area contributed by atoms with E-state index in [0.717, 1.165) is 0 Å². The zero-order valence-electron chi connectivity index (χ0n) is 8.92. The highest BCUT2D eigenvalue weighted by atomic mass is 19.4. The summed E-state index contributed by atoms with van der Waals surface area (Å²) in [5.74, 6) is -6.90. The van der Waals surface area contributed by atoms with Crippen LogP contribution in [-0.4, -0.2) is 17.0 Å². The summed E-state index contributed by atoms with van der Waals surface area (Å²) in [5, 5.41) is 10.4. The lowest BCUT2D eigenvalue weighted by Crippen LogP contribution is -2.46. The van der Waals surface area contributed by atoms with E-state index >= 15 is 0 Å². The molecule has 19 heavy (non-hydrogen) atoms. The predicted octanol–water partition coefficient (Wildman–Crippen LogP) is 2.93. The number of nitrogens with two attached hydrogens (primary N) is 1. The van der Waals surface area contributed by atoms with Crippen molar-refractivity contribution in [3.8, 4) is 0 Å². The summed E-state index contributed by atoms with van der Waals surface area (Å²) in [6, 6.07) is -1.80. The van der Waals surface area contributed by atoms with Gasteiger partial charge in [0.15, 0.2) is 0 Å². The van der Waals surface area contributed by atoms with Crippen molar-refractivity contribution in [3.05, 3.63) is 39.7 Å². The van der Waals surface area contributed by atoms with Gasteiger partial charge in [0.25, 0.3) is 5.69 Å². The van der Waals surface area contributed by atoms with Gasteiger partial charge in [0.1, 0.15) is 11.9 Å². The highest BCUT2D eigenvalue weighted by Crippen LogP contribution is 2.44. The Morgan fingerprint density at radius 2 is 1.74 bits per heavy atom. The summed E-state index contributed by atoms with van der Waals surface area (Å²) >= 11 is 0. The number of nitrogens with zero attached hydrogens (tertiary/aromatic N) is 1. The maximum absolute atomic E-state index is 13.2. The lowest BCUT2D eigenvalue weighted by Gasteiger charge is -2.26. The third-order valence-electron chi connectivity index (χ3n) is 2.29. The third-order valence-corrected chi connectivity index (χ3v) is 2.29.